The molecule has 2 aromatic heterocycles. The summed E-state index contributed by atoms with van der Waals surface area (Å²) in [5, 5.41) is 3.09. The molecule has 1 amide bonds. The number of hydrogen-bond donors (Lipinski definition) is 2. The summed E-state index contributed by atoms with van der Waals surface area (Å²) >= 11 is 1.43. The average Bonchev–Trinajstić information content (AvgIpc) is 3.20. The third-order valence-corrected chi connectivity index (χ3v) is 6.26. The summed E-state index contributed by atoms with van der Waals surface area (Å²) < 4.78 is 0.972. The highest BCUT2D eigenvalue weighted by Crippen LogP contribution is 2.48. The van der Waals surface area contributed by atoms with Crippen LogP contribution in [0.1, 0.15) is 35.4 Å². The molecular formula is C16H19N3OS. The Morgan fingerprint density at radius 1 is 1.43 bits per heavy atom. The lowest BCUT2D eigenvalue weighted by molar-refractivity contribution is 0.0946. The van der Waals surface area contributed by atoms with E-state index in [0.717, 1.165) is 28.6 Å². The van der Waals surface area contributed by atoms with Crippen molar-refractivity contribution in [3.05, 3.63) is 23.2 Å². The number of rotatable bonds is 3. The summed E-state index contributed by atoms with van der Waals surface area (Å²) in [6.07, 6.45) is 7.11. The smallest absolute Gasteiger partial charge is 0.263 e. The first-order valence-corrected chi connectivity index (χ1v) is 8.45. The number of nitrogens with two attached hydrogens (primary N) is 1. The number of amides is 1. The predicted octanol–water partition coefficient (Wildman–Crippen LogP) is 3.04. The van der Waals surface area contributed by atoms with Crippen LogP contribution in [0.15, 0.2) is 18.3 Å². The first-order chi connectivity index (χ1) is 10.2. The van der Waals surface area contributed by atoms with Crippen molar-refractivity contribution < 1.29 is 4.79 Å². The Hall–Kier alpha value is -1.62. The highest BCUT2D eigenvalue weighted by Gasteiger charge is 2.39. The van der Waals surface area contributed by atoms with Crippen LogP contribution in [-0.4, -0.2) is 17.4 Å². The van der Waals surface area contributed by atoms with Gasteiger partial charge in [-0.3, -0.25) is 9.78 Å². The number of fused-ring (bicyclic) bond motifs is 3. The molecule has 5 heteroatoms. The van der Waals surface area contributed by atoms with Gasteiger partial charge in [0.05, 0.1) is 10.4 Å². The van der Waals surface area contributed by atoms with Crippen LogP contribution in [0.5, 0.6) is 0 Å². The Morgan fingerprint density at radius 3 is 3.05 bits per heavy atom. The number of nitrogen functional groups attached to an aromatic ring is 1. The maximum atomic E-state index is 12.4. The van der Waals surface area contributed by atoms with Crippen molar-refractivity contribution in [3.63, 3.8) is 0 Å². The first kappa shape index (κ1) is 13.1. The van der Waals surface area contributed by atoms with Crippen LogP contribution in [0.3, 0.4) is 0 Å². The Morgan fingerprint density at radius 2 is 2.33 bits per heavy atom. The molecule has 3 atom stereocenters. The minimum absolute atomic E-state index is 0.0433. The quantitative estimate of drug-likeness (QED) is 0.915. The van der Waals surface area contributed by atoms with Gasteiger partial charge in [-0.05, 0) is 49.1 Å². The molecule has 4 nitrogen and oxygen atoms in total. The maximum absolute atomic E-state index is 12.4. The third kappa shape index (κ3) is 2.20. The van der Waals surface area contributed by atoms with Crippen molar-refractivity contribution in [2.75, 3.05) is 12.3 Å². The highest BCUT2D eigenvalue weighted by atomic mass is 32.1. The topological polar surface area (TPSA) is 68.0 Å². The third-order valence-electron chi connectivity index (χ3n) is 5.10. The highest BCUT2D eigenvalue weighted by molar-refractivity contribution is 7.21. The Labute approximate surface area is 127 Å². The second-order valence-corrected chi connectivity index (χ2v) is 7.39. The molecule has 0 spiro atoms. The van der Waals surface area contributed by atoms with Crippen molar-refractivity contribution in [1.82, 2.24) is 10.3 Å². The molecule has 2 aliphatic rings. The zero-order valence-corrected chi connectivity index (χ0v) is 12.7. The van der Waals surface area contributed by atoms with Crippen molar-refractivity contribution in [1.29, 1.82) is 0 Å². The van der Waals surface area contributed by atoms with Crippen LogP contribution >= 0.6 is 11.3 Å². The summed E-state index contributed by atoms with van der Waals surface area (Å²) in [6, 6.07) is 3.82. The van der Waals surface area contributed by atoms with Crippen LogP contribution in [-0.2, 0) is 0 Å². The molecule has 0 aromatic carbocycles. The lowest BCUT2D eigenvalue weighted by atomic mass is 9.89. The SMILES string of the molecule is Nc1c(C(=O)NCC2CC3CCC2C3)sc2cccnc12. The Bertz CT molecular complexity index is 696. The first-order valence-electron chi connectivity index (χ1n) is 7.63. The summed E-state index contributed by atoms with van der Waals surface area (Å²) in [5.74, 6) is 2.37. The summed E-state index contributed by atoms with van der Waals surface area (Å²) in [6.45, 7) is 0.793. The Balaban J connectivity index is 1.47. The van der Waals surface area contributed by atoms with Gasteiger partial charge >= 0.3 is 0 Å². The number of hydrogen-bond acceptors (Lipinski definition) is 4. The van der Waals surface area contributed by atoms with Gasteiger partial charge in [0.1, 0.15) is 10.4 Å². The van der Waals surface area contributed by atoms with Gasteiger partial charge in [0.15, 0.2) is 0 Å². The van der Waals surface area contributed by atoms with Gasteiger partial charge in [-0.2, -0.15) is 0 Å². The number of nitrogens with one attached hydrogen (secondary N) is 1. The minimum atomic E-state index is -0.0433. The zero-order chi connectivity index (χ0) is 14.4. The van der Waals surface area contributed by atoms with Crippen LogP contribution < -0.4 is 11.1 Å². The van der Waals surface area contributed by atoms with Crippen LogP contribution in [0.25, 0.3) is 10.2 Å². The van der Waals surface area contributed by atoms with Gasteiger partial charge in [0.25, 0.3) is 5.91 Å². The van der Waals surface area contributed by atoms with Crippen LogP contribution in [0.2, 0.25) is 0 Å². The zero-order valence-electron chi connectivity index (χ0n) is 11.8. The van der Waals surface area contributed by atoms with Crippen LogP contribution in [0, 0.1) is 17.8 Å². The Kier molecular flexibility index (Phi) is 3.10. The van der Waals surface area contributed by atoms with E-state index < -0.39 is 0 Å². The predicted molar refractivity (Wildman–Crippen MR) is 85.3 cm³/mol. The van der Waals surface area contributed by atoms with Crippen LogP contribution in [0.4, 0.5) is 5.69 Å². The molecule has 2 saturated carbocycles. The van der Waals surface area contributed by atoms with E-state index >= 15 is 0 Å². The molecule has 3 unspecified atom stereocenters. The molecule has 2 heterocycles. The standard InChI is InChI=1S/C16H19N3OS/c17-13-14-12(2-1-5-18-14)21-15(13)16(20)19-8-11-7-9-3-4-10(11)6-9/h1-2,5,9-11H,3-4,6-8,17H2,(H,19,20). The second kappa shape index (κ2) is 4.98. The fraction of sp³-hybridized carbons (Fsp3) is 0.500. The van der Waals surface area contributed by atoms with E-state index in [-0.39, 0.29) is 5.91 Å². The van der Waals surface area contributed by atoms with Gasteiger partial charge in [-0.1, -0.05) is 6.42 Å². The minimum Gasteiger partial charge on any atom is -0.396 e. The van der Waals surface area contributed by atoms with Crippen molar-refractivity contribution >= 4 is 33.1 Å². The molecule has 21 heavy (non-hydrogen) atoms. The monoisotopic (exact) mass is 301 g/mol. The number of carbonyl (C=O) groups is 1. The number of anilines is 1. The van der Waals surface area contributed by atoms with E-state index in [2.05, 4.69) is 10.3 Å². The number of carbonyl (C=O) groups excluding carboxylic acids is 1. The van der Waals surface area contributed by atoms with E-state index in [1.54, 1.807) is 6.20 Å². The summed E-state index contributed by atoms with van der Waals surface area (Å²) in [5.41, 5.74) is 7.33. The lowest BCUT2D eigenvalue weighted by Gasteiger charge is -2.21. The largest absolute Gasteiger partial charge is 0.396 e. The normalized spacial score (nSPS) is 27.3. The summed E-state index contributed by atoms with van der Waals surface area (Å²) in [7, 11) is 0. The average molecular weight is 301 g/mol. The van der Waals surface area contributed by atoms with Gasteiger partial charge in [0, 0.05) is 12.7 Å². The molecule has 110 valence electrons. The second-order valence-electron chi connectivity index (χ2n) is 6.34. The van der Waals surface area contributed by atoms with Gasteiger partial charge in [0.2, 0.25) is 0 Å². The molecular weight excluding hydrogens is 282 g/mol. The molecule has 0 aliphatic heterocycles. The number of pyridine rings is 1. The molecule has 2 aliphatic carbocycles. The molecule has 3 N–H and O–H groups in total. The number of nitrogens with zero attached hydrogens (tertiary/aromatic N) is 1. The fourth-order valence-corrected chi connectivity index (χ4v) is 5.04. The van der Waals surface area contributed by atoms with Crippen molar-refractivity contribution in [3.8, 4) is 0 Å². The van der Waals surface area contributed by atoms with E-state index in [0.29, 0.717) is 16.5 Å². The molecule has 0 radical (unpaired) electrons. The molecule has 0 saturated heterocycles. The number of thiophene rings is 1. The molecule has 2 aromatic rings. The van der Waals surface area contributed by atoms with Crippen molar-refractivity contribution in [2.24, 2.45) is 17.8 Å². The van der Waals surface area contributed by atoms with Gasteiger partial charge in [-0.15, -0.1) is 11.3 Å². The maximum Gasteiger partial charge on any atom is 0.263 e. The van der Waals surface area contributed by atoms with Gasteiger partial charge in [-0.25, -0.2) is 0 Å². The fourth-order valence-electron chi connectivity index (χ4n) is 4.05. The van der Waals surface area contributed by atoms with Crippen molar-refractivity contribution in [2.45, 2.75) is 25.7 Å². The van der Waals surface area contributed by atoms with Gasteiger partial charge < -0.3 is 11.1 Å². The lowest BCUT2D eigenvalue weighted by Crippen LogP contribution is -2.31. The van der Waals surface area contributed by atoms with E-state index in [9.17, 15) is 4.79 Å². The van der Waals surface area contributed by atoms with E-state index in [1.165, 1.54) is 37.0 Å². The number of aromatic nitrogens is 1. The van der Waals surface area contributed by atoms with E-state index in [1.807, 2.05) is 12.1 Å². The van der Waals surface area contributed by atoms with E-state index in [4.69, 9.17) is 5.73 Å². The molecule has 4 rings (SSSR count). The molecule has 2 fully saturated rings. The summed E-state index contributed by atoms with van der Waals surface area (Å²) in [4.78, 5) is 17.3. The molecule has 2 bridgehead atoms.